The van der Waals surface area contributed by atoms with Crippen LogP contribution >= 0.6 is 15.9 Å². The molecule has 2 rings (SSSR count). The maximum atomic E-state index is 12.3. The number of carbonyl (C=O) groups excluding carboxylic acids is 1. The number of halogens is 1. The average molecular weight is 356 g/mol. The summed E-state index contributed by atoms with van der Waals surface area (Å²) in [4.78, 5) is 29.2. The van der Waals surface area contributed by atoms with E-state index in [1.165, 1.54) is 0 Å². The molecule has 1 aromatic rings. The molecule has 1 aliphatic rings. The van der Waals surface area contributed by atoms with E-state index < -0.39 is 12.0 Å². The van der Waals surface area contributed by atoms with E-state index in [4.69, 9.17) is 5.11 Å². The molecule has 1 fully saturated rings. The van der Waals surface area contributed by atoms with Gasteiger partial charge in [0.05, 0.1) is 5.92 Å². The molecule has 0 saturated carbocycles. The highest BCUT2D eigenvalue weighted by Crippen LogP contribution is 2.20. The first-order valence-electron chi connectivity index (χ1n) is 6.86. The van der Waals surface area contributed by atoms with Gasteiger partial charge in [-0.3, -0.25) is 14.5 Å². The summed E-state index contributed by atoms with van der Waals surface area (Å²) in [5.74, 6) is -0.657. The van der Waals surface area contributed by atoms with Crippen molar-refractivity contribution < 1.29 is 14.7 Å². The molecule has 1 aliphatic heterocycles. The highest BCUT2D eigenvalue weighted by atomic mass is 79.9. The molecule has 0 unspecified atom stereocenters. The van der Waals surface area contributed by atoms with Crippen LogP contribution in [0.15, 0.2) is 22.8 Å². The van der Waals surface area contributed by atoms with E-state index in [-0.39, 0.29) is 11.8 Å². The van der Waals surface area contributed by atoms with Gasteiger partial charge in [-0.05, 0) is 54.4 Å². The van der Waals surface area contributed by atoms with Crippen molar-refractivity contribution in [1.82, 2.24) is 9.88 Å². The standard InChI is InChI=1S/C14H18BrN3O3/c1-9(14(20)21)18-6-2-3-10(8-18)13(19)17-12-5-4-11(15)7-16-12/h4-5,7,9-10H,2-3,6,8H2,1H3,(H,20,21)(H,16,17,19)/t9-,10+/m1/s1. The van der Waals surface area contributed by atoms with Crippen LogP contribution in [-0.4, -0.2) is 46.0 Å². The average Bonchev–Trinajstić information content (AvgIpc) is 2.48. The van der Waals surface area contributed by atoms with Gasteiger partial charge in [-0.25, -0.2) is 4.98 Å². The van der Waals surface area contributed by atoms with E-state index in [1.54, 1.807) is 19.2 Å². The normalized spacial score (nSPS) is 20.8. The summed E-state index contributed by atoms with van der Waals surface area (Å²) in [7, 11) is 0. The fourth-order valence-corrected chi connectivity index (χ4v) is 2.64. The zero-order valence-electron chi connectivity index (χ0n) is 11.8. The van der Waals surface area contributed by atoms with Gasteiger partial charge in [0.2, 0.25) is 5.91 Å². The molecule has 0 spiro atoms. The molecule has 6 nitrogen and oxygen atoms in total. The fourth-order valence-electron chi connectivity index (χ4n) is 2.41. The van der Waals surface area contributed by atoms with Crippen molar-refractivity contribution in [2.75, 3.05) is 18.4 Å². The highest BCUT2D eigenvalue weighted by molar-refractivity contribution is 9.10. The molecule has 0 aliphatic carbocycles. The van der Waals surface area contributed by atoms with Gasteiger partial charge in [0.1, 0.15) is 11.9 Å². The number of anilines is 1. The number of hydrogen-bond acceptors (Lipinski definition) is 4. The summed E-state index contributed by atoms with van der Waals surface area (Å²) < 4.78 is 0.847. The van der Waals surface area contributed by atoms with E-state index >= 15 is 0 Å². The van der Waals surface area contributed by atoms with Crippen molar-refractivity contribution in [3.05, 3.63) is 22.8 Å². The van der Waals surface area contributed by atoms with Gasteiger partial charge in [-0.15, -0.1) is 0 Å². The second-order valence-electron chi connectivity index (χ2n) is 5.20. The Morgan fingerprint density at radius 3 is 2.90 bits per heavy atom. The summed E-state index contributed by atoms with van der Waals surface area (Å²) in [6, 6.07) is 2.97. The minimum atomic E-state index is -0.856. The molecule has 0 aromatic carbocycles. The monoisotopic (exact) mass is 355 g/mol. The van der Waals surface area contributed by atoms with Gasteiger partial charge < -0.3 is 10.4 Å². The first-order chi connectivity index (χ1) is 9.97. The van der Waals surface area contributed by atoms with Crippen molar-refractivity contribution in [3.63, 3.8) is 0 Å². The van der Waals surface area contributed by atoms with Gasteiger partial charge in [-0.1, -0.05) is 0 Å². The lowest BCUT2D eigenvalue weighted by atomic mass is 9.96. The lowest BCUT2D eigenvalue weighted by Gasteiger charge is -2.34. The lowest BCUT2D eigenvalue weighted by molar-refractivity contribution is -0.144. The number of carboxylic acids is 1. The van der Waals surface area contributed by atoms with Gasteiger partial charge in [-0.2, -0.15) is 0 Å². The number of amides is 1. The first-order valence-corrected chi connectivity index (χ1v) is 7.66. The Morgan fingerprint density at radius 1 is 1.52 bits per heavy atom. The van der Waals surface area contributed by atoms with Crippen molar-refractivity contribution in [2.45, 2.75) is 25.8 Å². The van der Waals surface area contributed by atoms with Crippen LogP contribution in [0.1, 0.15) is 19.8 Å². The number of pyridine rings is 1. The molecule has 1 saturated heterocycles. The number of nitrogens with one attached hydrogen (secondary N) is 1. The summed E-state index contributed by atoms with van der Waals surface area (Å²) in [6.07, 6.45) is 3.21. The zero-order valence-corrected chi connectivity index (χ0v) is 13.3. The number of nitrogens with zero attached hydrogens (tertiary/aromatic N) is 2. The summed E-state index contributed by atoms with van der Waals surface area (Å²) in [6.45, 7) is 2.84. The maximum Gasteiger partial charge on any atom is 0.320 e. The summed E-state index contributed by atoms with van der Waals surface area (Å²) >= 11 is 3.29. The third-order valence-electron chi connectivity index (χ3n) is 3.71. The van der Waals surface area contributed by atoms with Crippen molar-refractivity contribution >= 4 is 33.6 Å². The molecule has 2 N–H and O–H groups in total. The molecule has 2 heterocycles. The SMILES string of the molecule is C[C@H](C(=O)O)N1CCC[C@H](C(=O)Nc2ccc(Br)cn2)C1. The van der Waals surface area contributed by atoms with Crippen molar-refractivity contribution in [2.24, 2.45) is 5.92 Å². The van der Waals surface area contributed by atoms with Crippen molar-refractivity contribution in [1.29, 1.82) is 0 Å². The third kappa shape index (κ3) is 4.25. The molecule has 7 heteroatoms. The Kier molecular flexibility index (Phi) is 5.30. The van der Waals surface area contributed by atoms with E-state index in [1.807, 2.05) is 11.0 Å². The van der Waals surface area contributed by atoms with Crippen molar-refractivity contribution in [3.8, 4) is 0 Å². The van der Waals surface area contributed by atoms with Gasteiger partial charge in [0.15, 0.2) is 0 Å². The Bertz CT molecular complexity index is 521. The molecule has 0 bridgehead atoms. The third-order valence-corrected chi connectivity index (χ3v) is 4.18. The van der Waals surface area contributed by atoms with E-state index in [0.29, 0.717) is 18.9 Å². The number of rotatable bonds is 4. The number of aliphatic carboxylic acids is 1. The molecule has 0 radical (unpaired) electrons. The van der Waals surface area contributed by atoms with Crippen LogP contribution in [0, 0.1) is 5.92 Å². The second kappa shape index (κ2) is 7.00. The number of carboxylic acid groups (broad SMARTS) is 1. The van der Waals surface area contributed by atoms with Crippen LogP contribution in [0.2, 0.25) is 0 Å². The number of piperidine rings is 1. The lowest BCUT2D eigenvalue weighted by Crippen LogP contribution is -2.47. The maximum absolute atomic E-state index is 12.3. The minimum Gasteiger partial charge on any atom is -0.480 e. The predicted octanol–water partition coefficient (Wildman–Crippen LogP) is 1.97. The minimum absolute atomic E-state index is 0.105. The topological polar surface area (TPSA) is 82.5 Å². The van der Waals surface area contributed by atoms with Gasteiger partial charge in [0.25, 0.3) is 0 Å². The number of carbonyl (C=O) groups is 2. The Hall–Kier alpha value is -1.47. The molecule has 114 valence electrons. The molecule has 2 atom stereocenters. The van der Waals surface area contributed by atoms with E-state index in [0.717, 1.165) is 17.3 Å². The van der Waals surface area contributed by atoms with Crippen LogP contribution in [-0.2, 0) is 9.59 Å². The highest BCUT2D eigenvalue weighted by Gasteiger charge is 2.30. The van der Waals surface area contributed by atoms with Crippen LogP contribution < -0.4 is 5.32 Å². The quantitative estimate of drug-likeness (QED) is 0.862. The Balaban J connectivity index is 1.95. The predicted molar refractivity (Wildman–Crippen MR) is 82.0 cm³/mol. The molecular formula is C14H18BrN3O3. The van der Waals surface area contributed by atoms with Crippen LogP contribution in [0.3, 0.4) is 0 Å². The zero-order chi connectivity index (χ0) is 15.4. The van der Waals surface area contributed by atoms with E-state index in [2.05, 4.69) is 26.2 Å². The summed E-state index contributed by atoms with van der Waals surface area (Å²) in [5.41, 5.74) is 0. The summed E-state index contributed by atoms with van der Waals surface area (Å²) in [5, 5.41) is 11.8. The molecular weight excluding hydrogens is 338 g/mol. The molecule has 1 amide bonds. The van der Waals surface area contributed by atoms with E-state index in [9.17, 15) is 9.59 Å². The second-order valence-corrected chi connectivity index (χ2v) is 6.11. The van der Waals surface area contributed by atoms with Crippen LogP contribution in [0.25, 0.3) is 0 Å². The molecule has 1 aromatic heterocycles. The van der Waals surface area contributed by atoms with Crippen LogP contribution in [0.4, 0.5) is 5.82 Å². The Labute approximate surface area is 131 Å². The fraction of sp³-hybridized carbons (Fsp3) is 0.500. The molecule has 21 heavy (non-hydrogen) atoms. The van der Waals surface area contributed by atoms with Gasteiger partial charge in [0, 0.05) is 17.2 Å². The Morgan fingerprint density at radius 2 is 2.29 bits per heavy atom. The van der Waals surface area contributed by atoms with Crippen LogP contribution in [0.5, 0.6) is 0 Å². The number of aromatic nitrogens is 1. The first kappa shape index (κ1) is 15.9. The smallest absolute Gasteiger partial charge is 0.320 e. The van der Waals surface area contributed by atoms with Gasteiger partial charge >= 0.3 is 5.97 Å². The largest absolute Gasteiger partial charge is 0.480 e. The number of likely N-dealkylation sites (tertiary alicyclic amines) is 1. The number of hydrogen-bond donors (Lipinski definition) is 2.